The fraction of sp³-hybridized carbons (Fsp3) is 0.579. The van der Waals surface area contributed by atoms with Crippen LogP contribution in [-0.4, -0.2) is 53.6 Å². The van der Waals surface area contributed by atoms with Gasteiger partial charge in [0.2, 0.25) is 10.0 Å². The molecule has 3 heterocycles. The van der Waals surface area contributed by atoms with E-state index in [4.69, 9.17) is 4.99 Å². The van der Waals surface area contributed by atoms with E-state index in [9.17, 15) is 13.5 Å². The van der Waals surface area contributed by atoms with Gasteiger partial charge in [0.25, 0.3) is 0 Å². The molecule has 1 unspecified atom stereocenters. The molecule has 3 N–H and O–H groups in total. The summed E-state index contributed by atoms with van der Waals surface area (Å²) < 4.78 is 26.8. The van der Waals surface area contributed by atoms with Crippen molar-refractivity contribution in [2.24, 2.45) is 10.9 Å². The standard InChI is InChI=1S/C19H26N4O3S/c1-2-7-27(25,26)23-14-8-12(9-14)18-17-13(10-15(24)3-5-20-18)11-22-19-16(17)4-6-21-19/h4,6,11-12,14-15,23-24H,2-3,5,7-10H2,1H3,(H,21,22). The summed E-state index contributed by atoms with van der Waals surface area (Å²) in [6, 6.07) is 1.99. The van der Waals surface area contributed by atoms with Gasteiger partial charge >= 0.3 is 0 Å². The van der Waals surface area contributed by atoms with Gasteiger partial charge in [-0.05, 0) is 37.3 Å². The molecule has 27 heavy (non-hydrogen) atoms. The van der Waals surface area contributed by atoms with Gasteiger partial charge in [-0.2, -0.15) is 0 Å². The lowest BCUT2D eigenvalue weighted by Crippen LogP contribution is -2.47. The summed E-state index contributed by atoms with van der Waals surface area (Å²) in [5.74, 6) is 0.402. The van der Waals surface area contributed by atoms with Crippen LogP contribution in [0.25, 0.3) is 11.0 Å². The van der Waals surface area contributed by atoms with E-state index in [-0.39, 0.29) is 17.7 Å². The predicted octanol–water partition coefficient (Wildman–Crippen LogP) is 1.77. The molecular formula is C19H26N4O3S. The summed E-state index contributed by atoms with van der Waals surface area (Å²) in [6.45, 7) is 2.46. The smallest absolute Gasteiger partial charge is 0.211 e. The molecule has 1 aliphatic heterocycles. The number of aromatic nitrogens is 2. The molecule has 1 fully saturated rings. The number of nitrogens with zero attached hydrogens (tertiary/aromatic N) is 2. The van der Waals surface area contributed by atoms with Crippen molar-refractivity contribution in [1.29, 1.82) is 0 Å². The van der Waals surface area contributed by atoms with E-state index in [2.05, 4.69) is 14.7 Å². The zero-order chi connectivity index (χ0) is 19.0. The maximum atomic E-state index is 12.0. The number of aliphatic hydroxyl groups is 1. The second kappa shape index (κ2) is 7.33. The molecular weight excluding hydrogens is 364 g/mol. The second-order valence-electron chi connectivity index (χ2n) is 7.61. The van der Waals surface area contributed by atoms with Crippen LogP contribution in [0.5, 0.6) is 0 Å². The third kappa shape index (κ3) is 3.79. The predicted molar refractivity (Wildman–Crippen MR) is 106 cm³/mol. The summed E-state index contributed by atoms with van der Waals surface area (Å²) in [5, 5.41) is 11.2. The molecule has 2 aromatic heterocycles. The summed E-state index contributed by atoms with van der Waals surface area (Å²) >= 11 is 0. The first-order valence-electron chi connectivity index (χ1n) is 9.64. The van der Waals surface area contributed by atoms with Gasteiger partial charge in [-0.3, -0.25) is 4.99 Å². The Kier molecular flexibility index (Phi) is 5.05. The number of rotatable bonds is 5. The van der Waals surface area contributed by atoms with E-state index < -0.39 is 16.1 Å². The Morgan fingerprint density at radius 2 is 2.19 bits per heavy atom. The normalized spacial score (nSPS) is 26.0. The van der Waals surface area contributed by atoms with Gasteiger partial charge in [-0.25, -0.2) is 18.1 Å². The molecule has 7 nitrogen and oxygen atoms in total. The number of hydrogen-bond acceptors (Lipinski definition) is 5. The number of sulfonamides is 1. The van der Waals surface area contributed by atoms with Gasteiger partial charge < -0.3 is 10.1 Å². The van der Waals surface area contributed by atoms with Gasteiger partial charge in [0.05, 0.1) is 11.9 Å². The monoisotopic (exact) mass is 390 g/mol. The maximum absolute atomic E-state index is 12.0. The molecule has 0 spiro atoms. The molecule has 1 aliphatic carbocycles. The topological polar surface area (TPSA) is 107 Å². The van der Waals surface area contributed by atoms with Crippen LogP contribution in [0.4, 0.5) is 0 Å². The van der Waals surface area contributed by atoms with Crippen LogP contribution >= 0.6 is 0 Å². The van der Waals surface area contributed by atoms with Crippen molar-refractivity contribution >= 4 is 26.8 Å². The van der Waals surface area contributed by atoms with Gasteiger partial charge in [0.15, 0.2) is 0 Å². The van der Waals surface area contributed by atoms with E-state index in [0.717, 1.165) is 40.7 Å². The number of aromatic amines is 1. The molecule has 4 rings (SSSR count). The minimum absolute atomic E-state index is 0.0164. The Morgan fingerprint density at radius 1 is 1.37 bits per heavy atom. The molecule has 1 atom stereocenters. The zero-order valence-electron chi connectivity index (χ0n) is 15.5. The Bertz CT molecular complexity index is 960. The van der Waals surface area contributed by atoms with Crippen LogP contribution < -0.4 is 4.72 Å². The number of fused-ring (bicyclic) bond motifs is 3. The van der Waals surface area contributed by atoms with Crippen molar-refractivity contribution in [3.05, 3.63) is 29.6 Å². The summed E-state index contributed by atoms with van der Waals surface area (Å²) in [5.41, 5.74) is 3.94. The lowest BCUT2D eigenvalue weighted by molar-refractivity contribution is 0.167. The second-order valence-corrected chi connectivity index (χ2v) is 9.49. The Labute approximate surface area is 159 Å². The Morgan fingerprint density at radius 3 is 2.96 bits per heavy atom. The molecule has 0 radical (unpaired) electrons. The quantitative estimate of drug-likeness (QED) is 0.723. The molecule has 0 aromatic carbocycles. The first-order chi connectivity index (χ1) is 13.0. The summed E-state index contributed by atoms with van der Waals surface area (Å²) in [7, 11) is -3.19. The number of H-pyrrole nitrogens is 1. The minimum atomic E-state index is -3.19. The minimum Gasteiger partial charge on any atom is -0.393 e. The Balaban J connectivity index is 1.61. The van der Waals surface area contributed by atoms with Gasteiger partial charge in [-0.1, -0.05) is 6.92 Å². The fourth-order valence-corrected chi connectivity index (χ4v) is 5.48. The molecule has 2 aliphatic rings. The first-order valence-corrected chi connectivity index (χ1v) is 11.3. The highest BCUT2D eigenvalue weighted by Gasteiger charge is 2.37. The molecule has 0 saturated heterocycles. The molecule has 0 amide bonds. The van der Waals surface area contributed by atoms with E-state index in [1.807, 2.05) is 25.4 Å². The highest BCUT2D eigenvalue weighted by Crippen LogP contribution is 2.36. The Hall–Kier alpha value is -1.77. The molecule has 0 bridgehead atoms. The van der Waals surface area contributed by atoms with Gasteiger partial charge in [-0.15, -0.1) is 0 Å². The summed E-state index contributed by atoms with van der Waals surface area (Å²) in [6.07, 6.45) is 6.63. The highest BCUT2D eigenvalue weighted by atomic mass is 32.2. The molecule has 1 saturated carbocycles. The van der Waals surface area contributed by atoms with E-state index in [1.165, 1.54) is 0 Å². The van der Waals surface area contributed by atoms with Crippen LogP contribution in [-0.2, 0) is 16.4 Å². The highest BCUT2D eigenvalue weighted by molar-refractivity contribution is 7.89. The SMILES string of the molecule is CCCS(=O)(=O)NC1CC(C2=NCCC(O)Cc3cnc4[nH]ccc4c32)C1. The van der Waals surface area contributed by atoms with Crippen LogP contribution in [0.2, 0.25) is 0 Å². The zero-order valence-corrected chi connectivity index (χ0v) is 16.3. The third-order valence-electron chi connectivity index (χ3n) is 5.47. The van der Waals surface area contributed by atoms with Gasteiger partial charge in [0.1, 0.15) is 5.65 Å². The van der Waals surface area contributed by atoms with Crippen LogP contribution in [0.1, 0.15) is 43.7 Å². The first kappa shape index (κ1) is 18.6. The van der Waals surface area contributed by atoms with E-state index in [1.54, 1.807) is 0 Å². The van der Waals surface area contributed by atoms with Crippen molar-refractivity contribution in [2.45, 2.75) is 51.2 Å². The van der Waals surface area contributed by atoms with Crippen molar-refractivity contribution < 1.29 is 13.5 Å². The largest absolute Gasteiger partial charge is 0.393 e. The number of pyridine rings is 1. The molecule has 8 heteroatoms. The van der Waals surface area contributed by atoms with Crippen molar-refractivity contribution in [3.63, 3.8) is 0 Å². The van der Waals surface area contributed by atoms with Crippen LogP contribution in [0.3, 0.4) is 0 Å². The van der Waals surface area contributed by atoms with Gasteiger partial charge in [0, 0.05) is 54.0 Å². The van der Waals surface area contributed by atoms with Crippen molar-refractivity contribution in [3.8, 4) is 0 Å². The third-order valence-corrected chi connectivity index (χ3v) is 7.10. The van der Waals surface area contributed by atoms with Crippen molar-refractivity contribution in [2.75, 3.05) is 12.3 Å². The average molecular weight is 391 g/mol. The lowest BCUT2D eigenvalue weighted by atomic mass is 9.74. The number of aliphatic hydroxyl groups excluding tert-OH is 1. The molecule has 146 valence electrons. The molecule has 2 aromatic rings. The van der Waals surface area contributed by atoms with Crippen molar-refractivity contribution in [1.82, 2.24) is 14.7 Å². The summed E-state index contributed by atoms with van der Waals surface area (Å²) in [4.78, 5) is 12.4. The number of nitrogens with one attached hydrogen (secondary N) is 2. The number of hydrogen-bond donors (Lipinski definition) is 3. The van der Waals surface area contributed by atoms with E-state index in [0.29, 0.717) is 25.8 Å². The average Bonchev–Trinajstić information content (AvgIpc) is 3.02. The van der Waals surface area contributed by atoms with E-state index >= 15 is 0 Å². The van der Waals surface area contributed by atoms with Crippen LogP contribution in [0.15, 0.2) is 23.5 Å². The maximum Gasteiger partial charge on any atom is 0.211 e. The lowest BCUT2D eigenvalue weighted by Gasteiger charge is -2.37. The van der Waals surface area contributed by atoms with Crippen LogP contribution in [0, 0.1) is 5.92 Å². The number of aliphatic imine (C=N–C) groups is 1. The fourth-order valence-electron chi connectivity index (χ4n) is 4.13.